The minimum atomic E-state index is -0.468. The SMILES string of the molecule is CCCCNC(=O)NC(=O)CN[C@H](c1ccccc1)c1ccco1. The number of furan rings is 1. The lowest BCUT2D eigenvalue weighted by Crippen LogP contribution is -2.44. The summed E-state index contributed by atoms with van der Waals surface area (Å²) in [7, 11) is 0. The Hall–Kier alpha value is -2.60. The van der Waals surface area contributed by atoms with Crippen LogP contribution in [-0.4, -0.2) is 25.0 Å². The third kappa shape index (κ3) is 5.55. The van der Waals surface area contributed by atoms with E-state index in [1.165, 1.54) is 0 Å². The van der Waals surface area contributed by atoms with Crippen LogP contribution in [0.1, 0.15) is 37.1 Å². The highest BCUT2D eigenvalue weighted by molar-refractivity contribution is 5.95. The quantitative estimate of drug-likeness (QED) is 0.650. The molecule has 6 nitrogen and oxygen atoms in total. The summed E-state index contributed by atoms with van der Waals surface area (Å²) in [6.07, 6.45) is 3.46. The molecule has 1 aromatic carbocycles. The predicted octanol–water partition coefficient (Wildman–Crippen LogP) is 2.58. The molecule has 0 aliphatic carbocycles. The van der Waals surface area contributed by atoms with Crippen molar-refractivity contribution >= 4 is 11.9 Å². The number of carbonyl (C=O) groups is 2. The second kappa shape index (κ2) is 9.52. The summed E-state index contributed by atoms with van der Waals surface area (Å²) >= 11 is 0. The normalized spacial score (nSPS) is 11.7. The molecule has 24 heavy (non-hydrogen) atoms. The smallest absolute Gasteiger partial charge is 0.321 e. The van der Waals surface area contributed by atoms with Crippen molar-refractivity contribution in [2.45, 2.75) is 25.8 Å². The number of urea groups is 1. The number of imide groups is 1. The average Bonchev–Trinajstić information content (AvgIpc) is 3.10. The average molecular weight is 329 g/mol. The van der Waals surface area contributed by atoms with E-state index >= 15 is 0 Å². The molecule has 0 aliphatic heterocycles. The monoisotopic (exact) mass is 329 g/mol. The lowest BCUT2D eigenvalue weighted by Gasteiger charge is -2.17. The molecule has 128 valence electrons. The van der Waals surface area contributed by atoms with Gasteiger partial charge in [-0.2, -0.15) is 0 Å². The molecule has 1 aromatic heterocycles. The van der Waals surface area contributed by atoms with Crippen LogP contribution in [0.25, 0.3) is 0 Å². The number of carbonyl (C=O) groups excluding carboxylic acids is 2. The van der Waals surface area contributed by atoms with Gasteiger partial charge in [-0.1, -0.05) is 43.7 Å². The van der Waals surface area contributed by atoms with Gasteiger partial charge in [-0.15, -0.1) is 0 Å². The van der Waals surface area contributed by atoms with E-state index in [4.69, 9.17) is 4.42 Å². The van der Waals surface area contributed by atoms with E-state index in [1.807, 2.05) is 43.3 Å². The van der Waals surface area contributed by atoms with E-state index in [-0.39, 0.29) is 12.6 Å². The van der Waals surface area contributed by atoms with Crippen LogP contribution in [-0.2, 0) is 4.79 Å². The van der Waals surface area contributed by atoms with E-state index in [0.717, 1.165) is 18.4 Å². The Balaban J connectivity index is 1.89. The molecule has 3 amide bonds. The molecule has 1 atom stereocenters. The molecule has 2 rings (SSSR count). The van der Waals surface area contributed by atoms with Gasteiger partial charge in [0.15, 0.2) is 0 Å². The molecule has 6 heteroatoms. The first-order valence-corrected chi connectivity index (χ1v) is 8.10. The summed E-state index contributed by atoms with van der Waals surface area (Å²) in [5, 5.41) is 8.08. The van der Waals surface area contributed by atoms with Crippen molar-refractivity contribution in [3.63, 3.8) is 0 Å². The molecule has 0 bridgehead atoms. The van der Waals surface area contributed by atoms with Gasteiger partial charge in [0.05, 0.1) is 18.8 Å². The maximum absolute atomic E-state index is 11.9. The zero-order chi connectivity index (χ0) is 17.2. The van der Waals surface area contributed by atoms with Crippen molar-refractivity contribution in [3.05, 3.63) is 60.1 Å². The van der Waals surface area contributed by atoms with E-state index in [1.54, 1.807) is 12.3 Å². The van der Waals surface area contributed by atoms with Crippen LogP contribution < -0.4 is 16.0 Å². The number of hydrogen-bond donors (Lipinski definition) is 3. The second-order valence-corrected chi connectivity index (χ2v) is 5.40. The highest BCUT2D eigenvalue weighted by atomic mass is 16.3. The standard InChI is InChI=1S/C18H23N3O3/c1-2-3-11-19-18(23)21-16(22)13-20-17(15-10-7-12-24-15)14-8-5-4-6-9-14/h4-10,12,17,20H,2-3,11,13H2,1H3,(H2,19,21,22,23)/t17-/m1/s1. The highest BCUT2D eigenvalue weighted by Gasteiger charge is 2.18. The maximum atomic E-state index is 11.9. The summed E-state index contributed by atoms with van der Waals surface area (Å²) in [5.74, 6) is 0.317. The first-order chi connectivity index (χ1) is 11.7. The van der Waals surface area contributed by atoms with E-state index in [0.29, 0.717) is 12.3 Å². The fourth-order valence-electron chi connectivity index (χ4n) is 2.27. The molecule has 0 radical (unpaired) electrons. The van der Waals surface area contributed by atoms with Crippen molar-refractivity contribution in [2.75, 3.05) is 13.1 Å². The summed E-state index contributed by atoms with van der Waals surface area (Å²) in [6, 6.07) is 12.6. The van der Waals surface area contributed by atoms with Crippen LogP contribution in [0.5, 0.6) is 0 Å². The number of nitrogens with one attached hydrogen (secondary N) is 3. The van der Waals surface area contributed by atoms with Gasteiger partial charge in [0.2, 0.25) is 5.91 Å². The van der Waals surface area contributed by atoms with Crippen LogP contribution >= 0.6 is 0 Å². The van der Waals surface area contributed by atoms with Gasteiger partial charge in [-0.3, -0.25) is 15.4 Å². The van der Waals surface area contributed by atoms with Crippen molar-refractivity contribution in [3.8, 4) is 0 Å². The minimum Gasteiger partial charge on any atom is -0.467 e. The highest BCUT2D eigenvalue weighted by Crippen LogP contribution is 2.21. The van der Waals surface area contributed by atoms with Gasteiger partial charge in [-0.05, 0) is 24.1 Å². The molecular formula is C18H23N3O3. The summed E-state index contributed by atoms with van der Waals surface area (Å²) in [5.41, 5.74) is 0.979. The van der Waals surface area contributed by atoms with Gasteiger partial charge in [0.1, 0.15) is 5.76 Å². The van der Waals surface area contributed by atoms with Gasteiger partial charge in [0, 0.05) is 6.54 Å². The second-order valence-electron chi connectivity index (χ2n) is 5.40. The first kappa shape index (κ1) is 17.7. The van der Waals surface area contributed by atoms with Crippen molar-refractivity contribution in [1.82, 2.24) is 16.0 Å². The number of hydrogen-bond acceptors (Lipinski definition) is 4. The molecule has 0 spiro atoms. The van der Waals surface area contributed by atoms with Gasteiger partial charge >= 0.3 is 6.03 Å². The molecule has 0 saturated carbocycles. The largest absolute Gasteiger partial charge is 0.467 e. The van der Waals surface area contributed by atoms with Crippen molar-refractivity contribution < 1.29 is 14.0 Å². The van der Waals surface area contributed by atoms with E-state index in [2.05, 4.69) is 16.0 Å². The number of rotatable bonds is 8. The molecule has 0 aliphatic rings. The van der Waals surface area contributed by atoms with Gasteiger partial charge < -0.3 is 9.73 Å². The Morgan fingerprint density at radius 1 is 1.12 bits per heavy atom. The molecule has 0 fully saturated rings. The number of amides is 3. The fraction of sp³-hybridized carbons (Fsp3) is 0.333. The van der Waals surface area contributed by atoms with Gasteiger partial charge in [0.25, 0.3) is 0 Å². The first-order valence-electron chi connectivity index (χ1n) is 8.10. The number of unbranched alkanes of at least 4 members (excludes halogenated alkanes) is 1. The molecule has 2 aromatic rings. The Kier molecular flexibility index (Phi) is 7.04. The fourth-order valence-corrected chi connectivity index (χ4v) is 2.27. The van der Waals surface area contributed by atoms with Crippen molar-refractivity contribution in [1.29, 1.82) is 0 Å². The minimum absolute atomic E-state index is 0.00145. The number of benzene rings is 1. The predicted molar refractivity (Wildman–Crippen MR) is 91.4 cm³/mol. The third-order valence-electron chi connectivity index (χ3n) is 3.50. The Morgan fingerprint density at radius 2 is 1.92 bits per heavy atom. The summed E-state index contributed by atoms with van der Waals surface area (Å²) < 4.78 is 5.46. The van der Waals surface area contributed by atoms with E-state index < -0.39 is 11.9 Å². The lowest BCUT2D eigenvalue weighted by molar-refractivity contribution is -0.119. The lowest BCUT2D eigenvalue weighted by atomic mass is 10.0. The maximum Gasteiger partial charge on any atom is 0.321 e. The zero-order valence-corrected chi connectivity index (χ0v) is 13.7. The summed E-state index contributed by atoms with van der Waals surface area (Å²) in [6.45, 7) is 2.59. The Bertz CT molecular complexity index is 626. The third-order valence-corrected chi connectivity index (χ3v) is 3.50. The van der Waals surface area contributed by atoms with Crippen LogP contribution in [0.4, 0.5) is 4.79 Å². The van der Waals surface area contributed by atoms with Crippen LogP contribution in [0.3, 0.4) is 0 Å². The topological polar surface area (TPSA) is 83.4 Å². The van der Waals surface area contributed by atoms with E-state index in [9.17, 15) is 9.59 Å². The van der Waals surface area contributed by atoms with Crippen LogP contribution in [0.15, 0.2) is 53.1 Å². The zero-order valence-electron chi connectivity index (χ0n) is 13.7. The van der Waals surface area contributed by atoms with Crippen molar-refractivity contribution in [2.24, 2.45) is 0 Å². The molecule has 3 N–H and O–H groups in total. The van der Waals surface area contributed by atoms with Crippen LogP contribution in [0, 0.1) is 0 Å². The summed E-state index contributed by atoms with van der Waals surface area (Å²) in [4.78, 5) is 23.5. The Morgan fingerprint density at radius 3 is 2.58 bits per heavy atom. The molecule has 0 unspecified atom stereocenters. The molecular weight excluding hydrogens is 306 g/mol. The Labute approximate surface area is 141 Å². The van der Waals surface area contributed by atoms with Crippen LogP contribution in [0.2, 0.25) is 0 Å². The van der Waals surface area contributed by atoms with Gasteiger partial charge in [-0.25, -0.2) is 4.79 Å². The molecule has 1 heterocycles. The molecule has 0 saturated heterocycles.